The van der Waals surface area contributed by atoms with Gasteiger partial charge in [0.15, 0.2) is 0 Å². The van der Waals surface area contributed by atoms with E-state index in [-0.39, 0.29) is 5.75 Å². The third-order valence-corrected chi connectivity index (χ3v) is 5.17. The molecule has 0 spiro atoms. The van der Waals surface area contributed by atoms with Crippen LogP contribution >= 0.6 is 11.6 Å². The summed E-state index contributed by atoms with van der Waals surface area (Å²) in [6.07, 6.45) is 5.06. The minimum atomic E-state index is -3.03. The van der Waals surface area contributed by atoms with Gasteiger partial charge < -0.3 is 0 Å². The largest absolute Gasteiger partial charge is 0.213 e. The first-order valence-corrected chi connectivity index (χ1v) is 7.70. The number of halogens is 1. The second-order valence-corrected chi connectivity index (χ2v) is 6.86. The third kappa shape index (κ3) is 4.29. The molecule has 0 bridgehead atoms. The summed E-state index contributed by atoms with van der Waals surface area (Å²) < 4.78 is 25.0. The van der Waals surface area contributed by atoms with Gasteiger partial charge in [-0.05, 0) is 31.6 Å². The summed E-state index contributed by atoms with van der Waals surface area (Å²) in [5.41, 5.74) is 0. The standard InChI is InChI=1S/C10H20ClNO2S/c1-12(9-10-5-4-6-10)15(13,14)8-3-2-7-11/h10H,2-9H2,1H3. The summed E-state index contributed by atoms with van der Waals surface area (Å²) in [5.74, 6) is 1.38. The molecule has 90 valence electrons. The van der Waals surface area contributed by atoms with Crippen LogP contribution in [-0.4, -0.2) is 37.9 Å². The van der Waals surface area contributed by atoms with E-state index in [4.69, 9.17) is 11.6 Å². The molecule has 1 aliphatic rings. The van der Waals surface area contributed by atoms with Crippen molar-refractivity contribution in [1.82, 2.24) is 4.31 Å². The van der Waals surface area contributed by atoms with E-state index in [2.05, 4.69) is 0 Å². The van der Waals surface area contributed by atoms with Crippen LogP contribution in [0.1, 0.15) is 32.1 Å². The maximum Gasteiger partial charge on any atom is 0.213 e. The van der Waals surface area contributed by atoms with Gasteiger partial charge in [-0.1, -0.05) is 6.42 Å². The molecule has 5 heteroatoms. The zero-order chi connectivity index (χ0) is 11.3. The molecule has 15 heavy (non-hydrogen) atoms. The lowest BCUT2D eigenvalue weighted by atomic mass is 9.86. The number of alkyl halides is 1. The molecule has 0 amide bonds. The maximum atomic E-state index is 11.8. The highest BCUT2D eigenvalue weighted by atomic mass is 35.5. The lowest BCUT2D eigenvalue weighted by Crippen LogP contribution is -2.35. The van der Waals surface area contributed by atoms with Crippen LogP contribution in [0.25, 0.3) is 0 Å². The molecule has 1 aliphatic carbocycles. The molecule has 0 atom stereocenters. The first kappa shape index (κ1) is 13.3. The van der Waals surface area contributed by atoms with Gasteiger partial charge in [0.05, 0.1) is 5.75 Å². The van der Waals surface area contributed by atoms with Crippen molar-refractivity contribution in [2.75, 3.05) is 25.2 Å². The number of hydrogen-bond donors (Lipinski definition) is 0. The highest BCUT2D eigenvalue weighted by molar-refractivity contribution is 7.89. The van der Waals surface area contributed by atoms with Crippen molar-refractivity contribution < 1.29 is 8.42 Å². The Labute approximate surface area is 97.8 Å². The van der Waals surface area contributed by atoms with Crippen LogP contribution in [0.5, 0.6) is 0 Å². The Hall–Kier alpha value is 0.200. The minimum Gasteiger partial charge on any atom is -0.212 e. The second kappa shape index (κ2) is 6.06. The fourth-order valence-corrected chi connectivity index (χ4v) is 3.19. The molecule has 0 heterocycles. The Bertz CT molecular complexity index is 275. The Morgan fingerprint density at radius 1 is 1.33 bits per heavy atom. The molecule has 1 saturated carbocycles. The van der Waals surface area contributed by atoms with Crippen molar-refractivity contribution >= 4 is 21.6 Å². The minimum absolute atomic E-state index is 0.239. The lowest BCUT2D eigenvalue weighted by molar-refractivity contribution is 0.263. The second-order valence-electron chi connectivity index (χ2n) is 4.29. The first-order chi connectivity index (χ1) is 7.06. The number of nitrogens with zero attached hydrogens (tertiary/aromatic N) is 1. The van der Waals surface area contributed by atoms with Crippen molar-refractivity contribution in [2.24, 2.45) is 5.92 Å². The highest BCUT2D eigenvalue weighted by Crippen LogP contribution is 2.27. The normalized spacial score (nSPS) is 18.1. The van der Waals surface area contributed by atoms with E-state index < -0.39 is 10.0 Å². The van der Waals surface area contributed by atoms with Crippen molar-refractivity contribution in [3.8, 4) is 0 Å². The van der Waals surface area contributed by atoms with Gasteiger partial charge in [0.2, 0.25) is 10.0 Å². The molecular weight excluding hydrogens is 234 g/mol. The molecule has 3 nitrogen and oxygen atoms in total. The average molecular weight is 254 g/mol. The van der Waals surface area contributed by atoms with Gasteiger partial charge in [0.25, 0.3) is 0 Å². The van der Waals surface area contributed by atoms with E-state index in [0.717, 1.165) is 6.42 Å². The molecule has 0 unspecified atom stereocenters. The summed E-state index contributed by atoms with van der Waals surface area (Å²) >= 11 is 5.52. The van der Waals surface area contributed by atoms with E-state index >= 15 is 0 Å². The Kier molecular flexibility index (Phi) is 5.36. The van der Waals surface area contributed by atoms with Crippen LogP contribution in [0.15, 0.2) is 0 Å². The van der Waals surface area contributed by atoms with Gasteiger partial charge in [-0.25, -0.2) is 12.7 Å². The summed E-state index contributed by atoms with van der Waals surface area (Å²) in [6.45, 7) is 0.698. The molecule has 0 aromatic carbocycles. The van der Waals surface area contributed by atoms with Gasteiger partial charge in [0, 0.05) is 19.5 Å². The van der Waals surface area contributed by atoms with Crippen LogP contribution in [0.3, 0.4) is 0 Å². The monoisotopic (exact) mass is 253 g/mol. The zero-order valence-corrected chi connectivity index (χ0v) is 10.9. The predicted octanol–water partition coefficient (Wildman–Crippen LogP) is 2.07. The van der Waals surface area contributed by atoms with Crippen molar-refractivity contribution in [3.05, 3.63) is 0 Å². The molecule has 0 aromatic heterocycles. The predicted molar refractivity (Wildman–Crippen MR) is 63.7 cm³/mol. The Morgan fingerprint density at radius 3 is 2.47 bits per heavy atom. The van der Waals surface area contributed by atoms with E-state index in [1.165, 1.54) is 23.6 Å². The van der Waals surface area contributed by atoms with Gasteiger partial charge in [-0.3, -0.25) is 0 Å². The van der Waals surface area contributed by atoms with Crippen molar-refractivity contribution in [1.29, 1.82) is 0 Å². The van der Waals surface area contributed by atoms with Crippen molar-refractivity contribution in [3.63, 3.8) is 0 Å². The third-order valence-electron chi connectivity index (χ3n) is 3.00. The smallest absolute Gasteiger partial charge is 0.212 e. The zero-order valence-electron chi connectivity index (χ0n) is 9.28. The number of rotatable bonds is 7. The molecule has 1 rings (SSSR count). The van der Waals surface area contributed by atoms with E-state index in [0.29, 0.717) is 24.8 Å². The van der Waals surface area contributed by atoms with Crippen LogP contribution in [0.2, 0.25) is 0 Å². The topological polar surface area (TPSA) is 37.4 Å². The van der Waals surface area contributed by atoms with E-state index in [1.807, 2.05) is 0 Å². The maximum absolute atomic E-state index is 11.8. The lowest BCUT2D eigenvalue weighted by Gasteiger charge is -2.29. The summed E-state index contributed by atoms with van der Waals surface area (Å²) in [6, 6.07) is 0. The Morgan fingerprint density at radius 2 is 2.00 bits per heavy atom. The van der Waals surface area contributed by atoms with Crippen LogP contribution in [0.4, 0.5) is 0 Å². The number of hydrogen-bond acceptors (Lipinski definition) is 2. The van der Waals surface area contributed by atoms with Gasteiger partial charge in [-0.15, -0.1) is 11.6 Å². The van der Waals surface area contributed by atoms with E-state index in [9.17, 15) is 8.42 Å². The average Bonchev–Trinajstić information content (AvgIpc) is 2.11. The quantitative estimate of drug-likeness (QED) is 0.515. The van der Waals surface area contributed by atoms with Crippen LogP contribution in [0, 0.1) is 5.92 Å². The summed E-state index contributed by atoms with van der Waals surface area (Å²) in [5, 5.41) is 0. The Balaban J connectivity index is 2.30. The number of unbranched alkanes of at least 4 members (excludes halogenated alkanes) is 1. The van der Waals surface area contributed by atoms with E-state index in [1.54, 1.807) is 7.05 Å². The molecule has 0 aliphatic heterocycles. The fraction of sp³-hybridized carbons (Fsp3) is 1.00. The van der Waals surface area contributed by atoms with Gasteiger partial charge >= 0.3 is 0 Å². The van der Waals surface area contributed by atoms with Gasteiger partial charge in [0.1, 0.15) is 0 Å². The molecular formula is C10H20ClNO2S. The fourth-order valence-electron chi connectivity index (χ4n) is 1.69. The van der Waals surface area contributed by atoms with Crippen LogP contribution in [-0.2, 0) is 10.0 Å². The van der Waals surface area contributed by atoms with Crippen molar-refractivity contribution in [2.45, 2.75) is 32.1 Å². The highest BCUT2D eigenvalue weighted by Gasteiger charge is 2.24. The molecule has 0 aromatic rings. The number of sulfonamides is 1. The molecule has 0 N–H and O–H groups in total. The summed E-state index contributed by atoms with van der Waals surface area (Å²) in [7, 11) is -1.34. The van der Waals surface area contributed by atoms with Crippen LogP contribution < -0.4 is 0 Å². The van der Waals surface area contributed by atoms with Gasteiger partial charge in [-0.2, -0.15) is 0 Å². The molecule has 1 fully saturated rings. The summed E-state index contributed by atoms with van der Waals surface area (Å²) in [4.78, 5) is 0. The first-order valence-electron chi connectivity index (χ1n) is 5.56. The molecule has 0 radical (unpaired) electrons. The SMILES string of the molecule is CN(CC1CCC1)S(=O)(=O)CCCCCl. The molecule has 0 saturated heterocycles.